The zero-order valence-corrected chi connectivity index (χ0v) is 14.0. The Balaban J connectivity index is 2.32. The lowest BCUT2D eigenvalue weighted by Gasteiger charge is -2.24. The molecule has 0 saturated heterocycles. The van der Waals surface area contributed by atoms with Crippen molar-refractivity contribution in [1.29, 1.82) is 0 Å². The normalized spacial score (nSPS) is 10.5. The molecule has 0 bridgehead atoms. The van der Waals surface area contributed by atoms with Gasteiger partial charge in [-0.2, -0.15) is 0 Å². The van der Waals surface area contributed by atoms with E-state index in [9.17, 15) is 9.90 Å². The van der Waals surface area contributed by atoms with E-state index in [1.165, 1.54) is 6.20 Å². The average molecular weight is 365 g/mol. The Bertz CT molecular complexity index is 704. The summed E-state index contributed by atoms with van der Waals surface area (Å²) in [4.78, 5) is 17.2. The molecule has 116 valence electrons. The molecule has 1 heterocycles. The zero-order valence-electron chi connectivity index (χ0n) is 12.4. The average Bonchev–Trinajstić information content (AvgIpc) is 2.48. The van der Waals surface area contributed by atoms with Gasteiger partial charge in [0.05, 0.1) is 5.56 Å². The molecule has 0 unspecified atom stereocenters. The van der Waals surface area contributed by atoms with E-state index < -0.39 is 5.97 Å². The van der Waals surface area contributed by atoms with E-state index >= 15 is 0 Å². The van der Waals surface area contributed by atoms with E-state index in [0.29, 0.717) is 18.9 Å². The highest BCUT2D eigenvalue weighted by Crippen LogP contribution is 2.26. The molecule has 22 heavy (non-hydrogen) atoms. The van der Waals surface area contributed by atoms with Gasteiger partial charge >= 0.3 is 5.97 Å². The van der Waals surface area contributed by atoms with Crippen LogP contribution < -0.4 is 4.90 Å². The highest BCUT2D eigenvalue weighted by molar-refractivity contribution is 9.10. The lowest BCUT2D eigenvalue weighted by atomic mass is 10.1. The van der Waals surface area contributed by atoms with Crippen molar-refractivity contribution in [3.8, 4) is 5.75 Å². The number of carboxylic acid groups (broad SMARTS) is 1. The minimum absolute atomic E-state index is 0.169. The zero-order chi connectivity index (χ0) is 16.3. The number of carboxylic acids is 1. The summed E-state index contributed by atoms with van der Waals surface area (Å²) >= 11 is 3.39. The molecule has 2 rings (SSSR count). The number of aromatic hydroxyl groups is 1. The van der Waals surface area contributed by atoms with E-state index in [4.69, 9.17) is 5.11 Å². The van der Waals surface area contributed by atoms with Gasteiger partial charge < -0.3 is 15.1 Å². The number of aromatic carboxylic acids is 1. The number of anilines is 1. The fourth-order valence-corrected chi connectivity index (χ4v) is 2.65. The summed E-state index contributed by atoms with van der Waals surface area (Å²) < 4.78 is 0.891. The summed E-state index contributed by atoms with van der Waals surface area (Å²) in [6, 6.07) is 6.88. The van der Waals surface area contributed by atoms with Gasteiger partial charge in [-0.25, -0.2) is 9.78 Å². The van der Waals surface area contributed by atoms with Crippen molar-refractivity contribution in [2.45, 2.75) is 20.4 Å². The van der Waals surface area contributed by atoms with E-state index in [2.05, 4.69) is 20.9 Å². The van der Waals surface area contributed by atoms with Crippen LogP contribution in [0, 0.1) is 6.92 Å². The van der Waals surface area contributed by atoms with Crippen molar-refractivity contribution < 1.29 is 15.0 Å². The van der Waals surface area contributed by atoms with Crippen molar-refractivity contribution in [3.05, 3.63) is 51.6 Å². The molecule has 0 amide bonds. The number of aryl methyl sites for hydroxylation is 1. The van der Waals surface area contributed by atoms with Gasteiger partial charge in [-0.05, 0) is 43.7 Å². The molecule has 0 aliphatic heterocycles. The molecule has 0 fully saturated rings. The van der Waals surface area contributed by atoms with Crippen LogP contribution in [0.3, 0.4) is 0 Å². The summed E-state index contributed by atoms with van der Waals surface area (Å²) in [6.45, 7) is 4.99. The topological polar surface area (TPSA) is 73.7 Å². The standard InChI is InChI=1S/C16H17BrN2O3/c1-3-19(9-12-7-13(17)4-5-14(12)20)15-10(2)6-11(8-18-15)16(21)22/h4-8,20H,3,9H2,1-2H3,(H,21,22). The molecule has 0 saturated carbocycles. The van der Waals surface area contributed by atoms with Gasteiger partial charge in [-0.3, -0.25) is 0 Å². The van der Waals surface area contributed by atoms with Crippen molar-refractivity contribution in [1.82, 2.24) is 4.98 Å². The van der Waals surface area contributed by atoms with Crippen molar-refractivity contribution in [3.63, 3.8) is 0 Å². The number of phenols is 1. The summed E-state index contributed by atoms with van der Waals surface area (Å²) in [6.07, 6.45) is 1.36. The third kappa shape index (κ3) is 3.57. The van der Waals surface area contributed by atoms with Crippen LogP contribution in [0.15, 0.2) is 34.9 Å². The predicted molar refractivity (Wildman–Crippen MR) is 88.5 cm³/mol. The Labute approximate surface area is 137 Å². The molecule has 0 spiro atoms. The summed E-state index contributed by atoms with van der Waals surface area (Å²) in [7, 11) is 0. The monoisotopic (exact) mass is 364 g/mol. The number of phenolic OH excluding ortho intramolecular Hbond substituents is 1. The number of hydrogen-bond acceptors (Lipinski definition) is 4. The fourth-order valence-electron chi connectivity index (χ4n) is 2.24. The van der Waals surface area contributed by atoms with Crippen LogP contribution in [0.5, 0.6) is 5.75 Å². The van der Waals surface area contributed by atoms with Crippen LogP contribution >= 0.6 is 15.9 Å². The first-order valence-electron chi connectivity index (χ1n) is 6.84. The number of carbonyl (C=O) groups is 1. The first-order valence-corrected chi connectivity index (χ1v) is 7.64. The minimum atomic E-state index is -0.991. The minimum Gasteiger partial charge on any atom is -0.508 e. The number of halogens is 1. The molecule has 2 N–H and O–H groups in total. The molecule has 6 heteroatoms. The van der Waals surface area contributed by atoms with Crippen molar-refractivity contribution in [2.24, 2.45) is 0 Å². The van der Waals surface area contributed by atoms with Crippen LogP contribution in [-0.2, 0) is 6.54 Å². The molecule has 0 radical (unpaired) electrons. The van der Waals surface area contributed by atoms with Crippen molar-refractivity contribution in [2.75, 3.05) is 11.4 Å². The Morgan fingerprint density at radius 2 is 2.09 bits per heavy atom. The van der Waals surface area contributed by atoms with Gasteiger partial charge in [0.15, 0.2) is 0 Å². The third-order valence-corrected chi connectivity index (χ3v) is 3.87. The van der Waals surface area contributed by atoms with Crippen LogP contribution in [0.25, 0.3) is 0 Å². The van der Waals surface area contributed by atoms with E-state index in [0.717, 1.165) is 15.6 Å². The largest absolute Gasteiger partial charge is 0.508 e. The maximum absolute atomic E-state index is 11.0. The predicted octanol–water partition coefficient (Wildman–Crippen LogP) is 3.58. The van der Waals surface area contributed by atoms with Gasteiger partial charge in [0, 0.05) is 29.3 Å². The molecule has 1 aromatic carbocycles. The molecule has 2 aromatic rings. The second kappa shape index (κ2) is 6.79. The van der Waals surface area contributed by atoms with Crippen molar-refractivity contribution >= 4 is 27.7 Å². The Morgan fingerprint density at radius 3 is 2.68 bits per heavy atom. The Morgan fingerprint density at radius 1 is 1.36 bits per heavy atom. The van der Waals surface area contributed by atoms with Crippen LogP contribution in [-0.4, -0.2) is 27.7 Å². The second-order valence-electron chi connectivity index (χ2n) is 4.96. The number of nitrogens with zero attached hydrogens (tertiary/aromatic N) is 2. The Kier molecular flexibility index (Phi) is 5.03. The summed E-state index contributed by atoms with van der Waals surface area (Å²) in [5.41, 5.74) is 1.73. The lowest BCUT2D eigenvalue weighted by molar-refractivity contribution is 0.0696. The van der Waals surface area contributed by atoms with E-state index in [1.54, 1.807) is 18.2 Å². The lowest BCUT2D eigenvalue weighted by Crippen LogP contribution is -2.24. The molecule has 0 aliphatic rings. The fraction of sp³-hybridized carbons (Fsp3) is 0.250. The molecule has 1 aromatic heterocycles. The molecule has 0 atom stereocenters. The van der Waals surface area contributed by atoms with E-state index in [-0.39, 0.29) is 11.3 Å². The highest BCUT2D eigenvalue weighted by atomic mass is 79.9. The Hall–Kier alpha value is -2.08. The number of benzene rings is 1. The molecular formula is C16H17BrN2O3. The number of hydrogen-bond donors (Lipinski definition) is 2. The number of rotatable bonds is 5. The molecule has 5 nitrogen and oxygen atoms in total. The van der Waals surface area contributed by atoms with Gasteiger partial charge in [0.25, 0.3) is 0 Å². The van der Waals surface area contributed by atoms with Gasteiger partial charge in [0.1, 0.15) is 11.6 Å². The van der Waals surface area contributed by atoms with Crippen LogP contribution in [0.4, 0.5) is 5.82 Å². The van der Waals surface area contributed by atoms with Gasteiger partial charge in [0.2, 0.25) is 0 Å². The van der Waals surface area contributed by atoms with Gasteiger partial charge in [-0.15, -0.1) is 0 Å². The maximum atomic E-state index is 11.0. The van der Waals surface area contributed by atoms with Crippen LogP contribution in [0.2, 0.25) is 0 Å². The van der Waals surface area contributed by atoms with E-state index in [1.807, 2.05) is 24.8 Å². The molecular weight excluding hydrogens is 348 g/mol. The van der Waals surface area contributed by atoms with Gasteiger partial charge in [-0.1, -0.05) is 15.9 Å². The third-order valence-electron chi connectivity index (χ3n) is 3.38. The summed E-state index contributed by atoms with van der Waals surface area (Å²) in [5.74, 6) is -0.0526. The smallest absolute Gasteiger partial charge is 0.337 e. The first kappa shape index (κ1) is 16.3. The summed E-state index contributed by atoms with van der Waals surface area (Å²) in [5, 5.41) is 19.0. The second-order valence-corrected chi connectivity index (χ2v) is 5.87. The quantitative estimate of drug-likeness (QED) is 0.847. The SMILES string of the molecule is CCN(Cc1cc(Br)ccc1O)c1ncc(C(=O)O)cc1C. The number of pyridine rings is 1. The first-order chi connectivity index (χ1) is 10.4. The van der Waals surface area contributed by atoms with Crippen LogP contribution in [0.1, 0.15) is 28.4 Å². The maximum Gasteiger partial charge on any atom is 0.337 e. The highest BCUT2D eigenvalue weighted by Gasteiger charge is 2.14. The molecule has 0 aliphatic carbocycles. The number of aromatic nitrogens is 1.